The fourth-order valence-electron chi connectivity index (χ4n) is 2.30. The predicted molar refractivity (Wildman–Crippen MR) is 80.2 cm³/mol. The highest BCUT2D eigenvalue weighted by Crippen LogP contribution is 2.13. The molecule has 3 rings (SSSR count). The SMILES string of the molecule is c1cnn(CCNc2nccc(N[C@@H]3CCCOC3)n2)c1. The van der Waals surface area contributed by atoms with Gasteiger partial charge in [-0.05, 0) is 25.0 Å². The monoisotopic (exact) mass is 288 g/mol. The van der Waals surface area contributed by atoms with Crippen molar-refractivity contribution in [2.24, 2.45) is 0 Å². The van der Waals surface area contributed by atoms with E-state index in [0.29, 0.717) is 12.0 Å². The van der Waals surface area contributed by atoms with Crippen LogP contribution in [-0.4, -0.2) is 45.5 Å². The molecule has 1 atom stereocenters. The smallest absolute Gasteiger partial charge is 0.224 e. The van der Waals surface area contributed by atoms with Crippen LogP contribution in [0, 0.1) is 0 Å². The molecule has 112 valence electrons. The lowest BCUT2D eigenvalue weighted by atomic mass is 10.1. The first-order valence-corrected chi connectivity index (χ1v) is 7.29. The van der Waals surface area contributed by atoms with Crippen molar-refractivity contribution < 1.29 is 4.74 Å². The van der Waals surface area contributed by atoms with E-state index in [-0.39, 0.29) is 0 Å². The second-order valence-electron chi connectivity index (χ2n) is 5.02. The number of hydrogen-bond acceptors (Lipinski definition) is 6. The zero-order chi connectivity index (χ0) is 14.3. The fourth-order valence-corrected chi connectivity index (χ4v) is 2.30. The van der Waals surface area contributed by atoms with Gasteiger partial charge in [0.25, 0.3) is 0 Å². The highest BCUT2D eigenvalue weighted by Gasteiger charge is 2.14. The van der Waals surface area contributed by atoms with Crippen molar-refractivity contribution in [2.45, 2.75) is 25.4 Å². The van der Waals surface area contributed by atoms with E-state index in [9.17, 15) is 0 Å². The fraction of sp³-hybridized carbons (Fsp3) is 0.500. The van der Waals surface area contributed by atoms with Crippen molar-refractivity contribution >= 4 is 11.8 Å². The maximum absolute atomic E-state index is 5.46. The van der Waals surface area contributed by atoms with Crippen LogP contribution in [0.2, 0.25) is 0 Å². The van der Waals surface area contributed by atoms with E-state index in [0.717, 1.165) is 45.0 Å². The summed E-state index contributed by atoms with van der Waals surface area (Å²) in [5.41, 5.74) is 0. The van der Waals surface area contributed by atoms with E-state index in [1.165, 1.54) is 0 Å². The summed E-state index contributed by atoms with van der Waals surface area (Å²) in [5.74, 6) is 1.46. The van der Waals surface area contributed by atoms with E-state index in [4.69, 9.17) is 4.74 Å². The third-order valence-corrected chi connectivity index (χ3v) is 3.35. The molecule has 0 bridgehead atoms. The Morgan fingerprint density at radius 3 is 3.19 bits per heavy atom. The van der Waals surface area contributed by atoms with Gasteiger partial charge in [-0.1, -0.05) is 0 Å². The van der Waals surface area contributed by atoms with E-state index in [1.807, 2.05) is 23.0 Å². The van der Waals surface area contributed by atoms with Crippen molar-refractivity contribution in [3.63, 3.8) is 0 Å². The number of anilines is 2. The highest BCUT2D eigenvalue weighted by atomic mass is 16.5. The molecule has 0 radical (unpaired) electrons. The maximum atomic E-state index is 5.46. The second kappa shape index (κ2) is 7.03. The van der Waals surface area contributed by atoms with Crippen LogP contribution < -0.4 is 10.6 Å². The Bertz CT molecular complexity index is 538. The molecular weight excluding hydrogens is 268 g/mol. The molecule has 21 heavy (non-hydrogen) atoms. The van der Waals surface area contributed by atoms with Crippen LogP contribution in [0.5, 0.6) is 0 Å². The van der Waals surface area contributed by atoms with Crippen molar-refractivity contribution in [3.05, 3.63) is 30.7 Å². The summed E-state index contributed by atoms with van der Waals surface area (Å²) < 4.78 is 7.33. The molecule has 0 aromatic carbocycles. The molecule has 3 heterocycles. The van der Waals surface area contributed by atoms with Crippen molar-refractivity contribution in [1.82, 2.24) is 19.7 Å². The number of aromatic nitrogens is 4. The third kappa shape index (κ3) is 4.16. The lowest BCUT2D eigenvalue weighted by Gasteiger charge is -2.23. The Morgan fingerprint density at radius 1 is 1.38 bits per heavy atom. The van der Waals surface area contributed by atoms with E-state index < -0.39 is 0 Å². The van der Waals surface area contributed by atoms with Crippen LogP contribution in [-0.2, 0) is 11.3 Å². The van der Waals surface area contributed by atoms with Gasteiger partial charge in [0.15, 0.2) is 0 Å². The number of hydrogen-bond donors (Lipinski definition) is 2. The minimum Gasteiger partial charge on any atom is -0.379 e. The topological polar surface area (TPSA) is 76.9 Å². The van der Waals surface area contributed by atoms with E-state index in [2.05, 4.69) is 25.7 Å². The van der Waals surface area contributed by atoms with Crippen LogP contribution in [0.4, 0.5) is 11.8 Å². The lowest BCUT2D eigenvalue weighted by Crippen LogP contribution is -2.30. The first kappa shape index (κ1) is 13.8. The molecule has 1 fully saturated rings. The second-order valence-corrected chi connectivity index (χ2v) is 5.02. The molecule has 0 saturated carbocycles. The van der Waals surface area contributed by atoms with Crippen LogP contribution in [0.3, 0.4) is 0 Å². The molecule has 0 amide bonds. The first-order valence-electron chi connectivity index (χ1n) is 7.29. The minimum atomic E-state index is 0.338. The van der Waals surface area contributed by atoms with Crippen LogP contribution in [0.25, 0.3) is 0 Å². The molecule has 0 spiro atoms. The Balaban J connectivity index is 1.50. The average molecular weight is 288 g/mol. The van der Waals surface area contributed by atoms with Gasteiger partial charge in [-0.2, -0.15) is 10.1 Å². The third-order valence-electron chi connectivity index (χ3n) is 3.35. The van der Waals surface area contributed by atoms with E-state index in [1.54, 1.807) is 12.4 Å². The van der Waals surface area contributed by atoms with Crippen molar-refractivity contribution in [2.75, 3.05) is 30.4 Å². The molecule has 0 unspecified atom stereocenters. The molecular formula is C14H20N6O. The summed E-state index contributed by atoms with van der Waals surface area (Å²) in [7, 11) is 0. The number of nitrogens with zero attached hydrogens (tertiary/aromatic N) is 4. The number of nitrogens with one attached hydrogen (secondary N) is 2. The van der Waals surface area contributed by atoms with Crippen LogP contribution >= 0.6 is 0 Å². The van der Waals surface area contributed by atoms with Gasteiger partial charge in [0.2, 0.25) is 5.95 Å². The van der Waals surface area contributed by atoms with Gasteiger partial charge < -0.3 is 15.4 Å². The van der Waals surface area contributed by atoms with E-state index >= 15 is 0 Å². The normalized spacial score (nSPS) is 18.4. The molecule has 7 heteroatoms. The zero-order valence-electron chi connectivity index (χ0n) is 11.9. The number of rotatable bonds is 6. The molecule has 1 saturated heterocycles. The summed E-state index contributed by atoms with van der Waals surface area (Å²) in [6.45, 7) is 3.12. The van der Waals surface area contributed by atoms with Crippen LogP contribution in [0.1, 0.15) is 12.8 Å². The van der Waals surface area contributed by atoms with Gasteiger partial charge in [-0.25, -0.2) is 4.98 Å². The highest BCUT2D eigenvalue weighted by molar-refractivity contribution is 5.40. The summed E-state index contributed by atoms with van der Waals surface area (Å²) in [4.78, 5) is 8.70. The minimum absolute atomic E-state index is 0.338. The Kier molecular flexibility index (Phi) is 4.62. The molecule has 2 aromatic heterocycles. The Labute approximate surface area is 123 Å². The molecule has 1 aliphatic rings. The molecule has 7 nitrogen and oxygen atoms in total. The standard InChI is InChI=1S/C14H20N6O/c1-3-12(11-21-10-1)18-13-4-6-15-14(19-13)16-7-9-20-8-2-5-17-20/h2,4-6,8,12H,1,3,7,9-11H2,(H2,15,16,18,19)/t12-/m1/s1. The average Bonchev–Trinajstić information content (AvgIpc) is 3.02. The Morgan fingerprint density at radius 2 is 2.38 bits per heavy atom. The number of ether oxygens (including phenoxy) is 1. The molecule has 1 aliphatic heterocycles. The van der Waals surface area contributed by atoms with Gasteiger partial charge >= 0.3 is 0 Å². The summed E-state index contributed by atoms with van der Waals surface area (Å²) >= 11 is 0. The Hall–Kier alpha value is -2.15. The van der Waals surface area contributed by atoms with Crippen molar-refractivity contribution in [1.29, 1.82) is 0 Å². The first-order chi connectivity index (χ1) is 10.4. The quantitative estimate of drug-likeness (QED) is 0.836. The largest absolute Gasteiger partial charge is 0.379 e. The van der Waals surface area contributed by atoms with Gasteiger partial charge in [0, 0.05) is 31.7 Å². The molecule has 2 aromatic rings. The summed E-state index contributed by atoms with van der Waals surface area (Å²) in [6, 6.07) is 4.13. The summed E-state index contributed by atoms with van der Waals surface area (Å²) in [6.07, 6.45) is 7.68. The maximum Gasteiger partial charge on any atom is 0.224 e. The van der Waals surface area contributed by atoms with Crippen molar-refractivity contribution in [3.8, 4) is 0 Å². The molecule has 2 N–H and O–H groups in total. The van der Waals surface area contributed by atoms with Gasteiger partial charge in [-0.15, -0.1) is 0 Å². The zero-order valence-corrected chi connectivity index (χ0v) is 11.9. The summed E-state index contributed by atoms with van der Waals surface area (Å²) in [5, 5.41) is 10.7. The molecule has 0 aliphatic carbocycles. The van der Waals surface area contributed by atoms with Gasteiger partial charge in [0.05, 0.1) is 19.2 Å². The predicted octanol–water partition coefficient (Wildman–Crippen LogP) is 1.38. The van der Waals surface area contributed by atoms with Gasteiger partial charge in [-0.3, -0.25) is 4.68 Å². The van der Waals surface area contributed by atoms with Gasteiger partial charge in [0.1, 0.15) is 5.82 Å². The van der Waals surface area contributed by atoms with Crippen LogP contribution in [0.15, 0.2) is 30.7 Å². The lowest BCUT2D eigenvalue weighted by molar-refractivity contribution is 0.0875.